The first-order valence-electron chi connectivity index (χ1n) is 10.2. The molecule has 1 amide bonds. The van der Waals surface area contributed by atoms with E-state index in [2.05, 4.69) is 15.3 Å². The van der Waals surface area contributed by atoms with Crippen molar-refractivity contribution in [1.29, 1.82) is 0 Å². The van der Waals surface area contributed by atoms with Gasteiger partial charge in [-0.1, -0.05) is 12.1 Å². The van der Waals surface area contributed by atoms with Gasteiger partial charge in [0.25, 0.3) is 5.91 Å². The summed E-state index contributed by atoms with van der Waals surface area (Å²) in [4.78, 5) is 27.2. The number of ether oxygens (including phenoxy) is 1. The predicted octanol–water partition coefficient (Wildman–Crippen LogP) is 2.70. The Kier molecular flexibility index (Phi) is 4.61. The number of likely N-dealkylation sites (tertiary alicyclic amines) is 1. The van der Waals surface area contributed by atoms with Crippen LogP contribution >= 0.6 is 0 Å². The van der Waals surface area contributed by atoms with E-state index in [9.17, 15) is 9.59 Å². The van der Waals surface area contributed by atoms with Gasteiger partial charge in [-0.05, 0) is 37.0 Å². The highest BCUT2D eigenvalue weighted by molar-refractivity contribution is 5.99. The Bertz CT molecular complexity index is 1090. The molecule has 8 heteroatoms. The van der Waals surface area contributed by atoms with Crippen molar-refractivity contribution in [2.75, 3.05) is 13.1 Å². The van der Waals surface area contributed by atoms with E-state index < -0.39 is 0 Å². The van der Waals surface area contributed by atoms with Crippen LogP contribution in [0.15, 0.2) is 42.7 Å². The zero-order chi connectivity index (χ0) is 20.7. The van der Waals surface area contributed by atoms with Crippen LogP contribution in [0.2, 0.25) is 0 Å². The van der Waals surface area contributed by atoms with E-state index >= 15 is 0 Å². The first-order chi connectivity index (χ1) is 14.6. The highest BCUT2D eigenvalue weighted by Gasteiger charge is 2.35. The second-order valence-electron chi connectivity index (χ2n) is 7.98. The molecule has 1 fully saturated rings. The highest BCUT2D eigenvalue weighted by Crippen LogP contribution is 2.34. The van der Waals surface area contributed by atoms with E-state index in [0.29, 0.717) is 42.2 Å². The van der Waals surface area contributed by atoms with Crippen LogP contribution < -0.4 is 4.74 Å². The normalized spacial score (nSPS) is 19.4. The van der Waals surface area contributed by atoms with Gasteiger partial charge < -0.3 is 9.64 Å². The monoisotopic (exact) mass is 405 g/mol. The molecule has 1 aromatic carbocycles. The number of amides is 1. The molecule has 1 saturated heterocycles. The summed E-state index contributed by atoms with van der Waals surface area (Å²) in [6, 6.07) is 9.19. The third-order valence-corrected chi connectivity index (χ3v) is 6.01. The fourth-order valence-electron chi connectivity index (χ4n) is 4.34. The van der Waals surface area contributed by atoms with Gasteiger partial charge in [0.15, 0.2) is 5.78 Å². The van der Waals surface area contributed by atoms with E-state index in [4.69, 9.17) is 4.74 Å². The number of nitrogens with zero attached hydrogens (tertiary/aromatic N) is 4. The third-order valence-electron chi connectivity index (χ3n) is 6.01. The third kappa shape index (κ3) is 3.38. The maximum Gasteiger partial charge on any atom is 0.271 e. The quantitative estimate of drug-likeness (QED) is 0.723. The fraction of sp³-hybridized carbons (Fsp3) is 0.364. The Labute approximate surface area is 173 Å². The van der Waals surface area contributed by atoms with Gasteiger partial charge in [-0.3, -0.25) is 19.4 Å². The SMILES string of the molecule is Cn1cc(-c2cc(C(=O)N3CCC(C4CC(=O)c5ccccc5O4)CC3)[nH]n2)cn1. The molecule has 5 rings (SSSR count). The summed E-state index contributed by atoms with van der Waals surface area (Å²) in [7, 11) is 1.84. The van der Waals surface area contributed by atoms with E-state index in [1.165, 1.54) is 0 Å². The standard InChI is InChI=1S/C22H23N5O3/c1-26-13-15(12-23-26)17-10-18(25-24-17)22(29)27-8-6-14(7-9-27)21-11-19(28)16-4-2-3-5-20(16)30-21/h2-5,10,12-14,21H,6-9,11H2,1H3,(H,24,25). The number of fused-ring (bicyclic) bond motifs is 1. The molecular formula is C22H23N5O3. The van der Waals surface area contributed by atoms with Gasteiger partial charge in [0, 0.05) is 38.3 Å². The molecule has 0 saturated carbocycles. The molecule has 2 aliphatic rings. The molecule has 0 spiro atoms. The number of Topliss-reactive ketones (excluding diaryl/α,β-unsaturated/α-hetero) is 1. The Balaban J connectivity index is 1.22. The zero-order valence-corrected chi connectivity index (χ0v) is 16.7. The molecule has 3 aromatic rings. The summed E-state index contributed by atoms with van der Waals surface area (Å²) in [5.41, 5.74) is 2.72. The van der Waals surface area contributed by atoms with Crippen molar-refractivity contribution in [3.8, 4) is 17.0 Å². The molecule has 2 aromatic heterocycles. The van der Waals surface area contributed by atoms with E-state index in [1.807, 2.05) is 42.4 Å². The number of benzene rings is 1. The van der Waals surface area contributed by atoms with Crippen molar-refractivity contribution in [3.05, 3.63) is 54.0 Å². The van der Waals surface area contributed by atoms with Gasteiger partial charge in [0.2, 0.25) is 0 Å². The Hall–Kier alpha value is -3.42. The second kappa shape index (κ2) is 7.44. The smallest absolute Gasteiger partial charge is 0.271 e. The number of ketones is 1. The van der Waals surface area contributed by atoms with E-state index in [-0.39, 0.29) is 23.7 Å². The molecule has 1 unspecified atom stereocenters. The van der Waals surface area contributed by atoms with Crippen LogP contribution in [0.4, 0.5) is 0 Å². The van der Waals surface area contributed by atoms with Crippen molar-refractivity contribution in [3.63, 3.8) is 0 Å². The molecule has 4 heterocycles. The topological polar surface area (TPSA) is 93.1 Å². The summed E-state index contributed by atoms with van der Waals surface area (Å²) in [6.07, 6.45) is 5.50. The molecule has 8 nitrogen and oxygen atoms in total. The summed E-state index contributed by atoms with van der Waals surface area (Å²) >= 11 is 0. The number of H-pyrrole nitrogens is 1. The summed E-state index contributed by atoms with van der Waals surface area (Å²) in [6.45, 7) is 1.28. The zero-order valence-electron chi connectivity index (χ0n) is 16.7. The molecule has 0 bridgehead atoms. The number of aromatic amines is 1. The van der Waals surface area contributed by atoms with Crippen LogP contribution in [-0.4, -0.2) is 55.8 Å². The molecular weight excluding hydrogens is 382 g/mol. The number of aryl methyl sites for hydroxylation is 1. The number of carbonyl (C=O) groups is 2. The number of aromatic nitrogens is 4. The average Bonchev–Trinajstić information content (AvgIpc) is 3.42. The molecule has 1 N–H and O–H groups in total. The van der Waals surface area contributed by atoms with Gasteiger partial charge in [0.1, 0.15) is 17.5 Å². The van der Waals surface area contributed by atoms with Crippen molar-refractivity contribution >= 4 is 11.7 Å². The fourth-order valence-corrected chi connectivity index (χ4v) is 4.34. The van der Waals surface area contributed by atoms with Crippen LogP contribution in [-0.2, 0) is 7.05 Å². The molecule has 0 aliphatic carbocycles. The molecule has 30 heavy (non-hydrogen) atoms. The summed E-state index contributed by atoms with van der Waals surface area (Å²) in [5, 5.41) is 11.2. The number of hydrogen-bond acceptors (Lipinski definition) is 5. The predicted molar refractivity (Wildman–Crippen MR) is 109 cm³/mol. The van der Waals surface area contributed by atoms with Crippen molar-refractivity contribution < 1.29 is 14.3 Å². The maximum atomic E-state index is 12.9. The largest absolute Gasteiger partial charge is 0.489 e. The number of nitrogens with one attached hydrogen (secondary N) is 1. The van der Waals surface area contributed by atoms with Crippen LogP contribution in [0.5, 0.6) is 5.75 Å². The lowest BCUT2D eigenvalue weighted by molar-refractivity contribution is 0.0449. The minimum absolute atomic E-state index is 0.0536. The van der Waals surface area contributed by atoms with E-state index in [1.54, 1.807) is 16.9 Å². The number of rotatable bonds is 3. The lowest BCUT2D eigenvalue weighted by atomic mass is 9.86. The summed E-state index contributed by atoms with van der Waals surface area (Å²) < 4.78 is 7.83. The van der Waals surface area contributed by atoms with Crippen LogP contribution in [0.3, 0.4) is 0 Å². The molecule has 2 aliphatic heterocycles. The summed E-state index contributed by atoms with van der Waals surface area (Å²) in [5.74, 6) is 1.03. The molecule has 1 atom stereocenters. The molecule has 0 radical (unpaired) electrons. The van der Waals surface area contributed by atoms with Crippen LogP contribution in [0, 0.1) is 5.92 Å². The second-order valence-corrected chi connectivity index (χ2v) is 7.98. The Morgan fingerprint density at radius 2 is 2.03 bits per heavy atom. The highest BCUT2D eigenvalue weighted by atomic mass is 16.5. The minimum atomic E-state index is -0.117. The Morgan fingerprint density at radius 3 is 2.80 bits per heavy atom. The average molecular weight is 405 g/mol. The first-order valence-corrected chi connectivity index (χ1v) is 10.2. The number of carbonyl (C=O) groups excluding carboxylic acids is 2. The Morgan fingerprint density at radius 1 is 1.23 bits per heavy atom. The van der Waals surface area contributed by atoms with Crippen LogP contribution in [0.25, 0.3) is 11.3 Å². The van der Waals surface area contributed by atoms with Crippen molar-refractivity contribution in [2.45, 2.75) is 25.4 Å². The number of piperidine rings is 1. The van der Waals surface area contributed by atoms with Gasteiger partial charge in [-0.2, -0.15) is 10.2 Å². The number of hydrogen-bond donors (Lipinski definition) is 1. The maximum absolute atomic E-state index is 12.9. The minimum Gasteiger partial charge on any atom is -0.489 e. The van der Waals surface area contributed by atoms with Gasteiger partial charge in [-0.25, -0.2) is 0 Å². The van der Waals surface area contributed by atoms with Crippen LogP contribution in [0.1, 0.15) is 40.1 Å². The van der Waals surface area contributed by atoms with Gasteiger partial charge in [-0.15, -0.1) is 0 Å². The number of para-hydroxylation sites is 1. The lowest BCUT2D eigenvalue weighted by Crippen LogP contribution is -2.44. The van der Waals surface area contributed by atoms with Crippen molar-refractivity contribution in [2.24, 2.45) is 13.0 Å². The van der Waals surface area contributed by atoms with Crippen molar-refractivity contribution in [1.82, 2.24) is 24.9 Å². The van der Waals surface area contributed by atoms with E-state index in [0.717, 1.165) is 18.4 Å². The van der Waals surface area contributed by atoms with Gasteiger partial charge >= 0.3 is 0 Å². The lowest BCUT2D eigenvalue weighted by Gasteiger charge is -2.37. The first kappa shape index (κ1) is 18.6. The molecule has 154 valence electrons. The van der Waals surface area contributed by atoms with Gasteiger partial charge in [0.05, 0.1) is 17.5 Å².